The Morgan fingerprint density at radius 1 is 1.03 bits per heavy atom. The third kappa shape index (κ3) is 8.26. The third-order valence-electron chi connectivity index (χ3n) is 5.68. The van der Waals surface area contributed by atoms with Crippen molar-refractivity contribution in [3.8, 4) is 0 Å². The lowest BCUT2D eigenvalue weighted by Gasteiger charge is -2.33. The first-order valence-corrected chi connectivity index (χ1v) is 14.6. The van der Waals surface area contributed by atoms with Gasteiger partial charge in [-0.3, -0.25) is 13.9 Å². The van der Waals surface area contributed by atoms with Crippen LogP contribution in [0.2, 0.25) is 15.1 Å². The first kappa shape index (κ1) is 30.2. The molecule has 0 unspecified atom stereocenters. The van der Waals surface area contributed by atoms with Crippen molar-refractivity contribution < 1.29 is 18.0 Å². The lowest BCUT2D eigenvalue weighted by atomic mass is 10.1. The molecule has 36 heavy (non-hydrogen) atoms. The molecule has 1 N–H and O–H groups in total. The van der Waals surface area contributed by atoms with Crippen molar-refractivity contribution in [3.63, 3.8) is 0 Å². The molecule has 0 aliphatic carbocycles. The van der Waals surface area contributed by atoms with E-state index in [0.717, 1.165) is 23.4 Å². The number of nitrogens with one attached hydrogen (secondary N) is 1. The summed E-state index contributed by atoms with van der Waals surface area (Å²) in [5.74, 6) is -0.851. The van der Waals surface area contributed by atoms with Gasteiger partial charge in [0.1, 0.15) is 12.6 Å². The van der Waals surface area contributed by atoms with Gasteiger partial charge in [0.2, 0.25) is 21.8 Å². The first-order chi connectivity index (χ1) is 16.9. The van der Waals surface area contributed by atoms with Gasteiger partial charge < -0.3 is 10.2 Å². The Hall–Kier alpha value is -2.00. The van der Waals surface area contributed by atoms with Gasteiger partial charge in [-0.1, -0.05) is 61.1 Å². The highest BCUT2D eigenvalue weighted by atomic mass is 35.5. The van der Waals surface area contributed by atoms with Crippen LogP contribution in [0, 0.1) is 6.92 Å². The molecule has 0 aliphatic heterocycles. The fraction of sp³-hybridized carbons (Fsp3) is 0.440. The van der Waals surface area contributed by atoms with Crippen LogP contribution in [-0.4, -0.2) is 50.5 Å². The number of aryl methyl sites for hydroxylation is 1. The summed E-state index contributed by atoms with van der Waals surface area (Å²) in [4.78, 5) is 28.2. The van der Waals surface area contributed by atoms with Crippen LogP contribution in [-0.2, 0) is 26.2 Å². The van der Waals surface area contributed by atoms with Crippen LogP contribution in [0.4, 0.5) is 5.69 Å². The number of hydrogen-bond donors (Lipinski definition) is 1. The van der Waals surface area contributed by atoms with Gasteiger partial charge >= 0.3 is 0 Å². The van der Waals surface area contributed by atoms with Crippen LogP contribution in [0.3, 0.4) is 0 Å². The van der Waals surface area contributed by atoms with Crippen LogP contribution in [0.25, 0.3) is 0 Å². The number of nitrogens with zero attached hydrogens (tertiary/aromatic N) is 2. The number of halogens is 3. The smallest absolute Gasteiger partial charge is 0.244 e. The molecule has 0 saturated heterocycles. The van der Waals surface area contributed by atoms with Crippen LogP contribution >= 0.6 is 34.8 Å². The summed E-state index contributed by atoms with van der Waals surface area (Å²) in [7, 11) is -3.84. The molecular weight excluding hydrogens is 545 g/mol. The molecule has 2 rings (SSSR count). The molecule has 0 spiro atoms. The number of carbonyl (C=O) groups is 2. The summed E-state index contributed by atoms with van der Waals surface area (Å²) in [6, 6.07) is 8.81. The summed E-state index contributed by atoms with van der Waals surface area (Å²) in [6.45, 7) is 5.52. The second kappa shape index (κ2) is 13.5. The maximum Gasteiger partial charge on any atom is 0.244 e. The Bertz CT molecular complexity index is 1190. The molecule has 0 aliphatic rings. The summed E-state index contributed by atoms with van der Waals surface area (Å²) in [5, 5.41) is 4.11. The molecule has 0 aromatic heterocycles. The number of anilines is 1. The number of rotatable bonds is 12. The third-order valence-corrected chi connectivity index (χ3v) is 7.63. The Kier molecular flexibility index (Phi) is 11.3. The van der Waals surface area contributed by atoms with Gasteiger partial charge in [0, 0.05) is 28.2 Å². The fourth-order valence-electron chi connectivity index (χ4n) is 3.75. The molecule has 2 amide bonds. The Labute approximate surface area is 228 Å². The molecular formula is C25H32Cl3N3O4S. The highest BCUT2D eigenvalue weighted by Crippen LogP contribution is 2.27. The maximum atomic E-state index is 13.7. The normalized spacial score (nSPS) is 12.2. The quantitative estimate of drug-likeness (QED) is 0.341. The highest BCUT2D eigenvalue weighted by molar-refractivity contribution is 7.92. The summed E-state index contributed by atoms with van der Waals surface area (Å²) in [5.41, 5.74) is 1.51. The average molecular weight is 577 g/mol. The first-order valence-electron chi connectivity index (χ1n) is 11.6. The van der Waals surface area contributed by atoms with E-state index in [1.165, 1.54) is 4.90 Å². The topological polar surface area (TPSA) is 86.8 Å². The zero-order chi connectivity index (χ0) is 27.0. The predicted octanol–water partition coefficient (Wildman–Crippen LogP) is 5.44. The van der Waals surface area contributed by atoms with Crippen LogP contribution < -0.4 is 9.62 Å². The van der Waals surface area contributed by atoms with Crippen LogP contribution in [0.15, 0.2) is 36.4 Å². The molecule has 0 radical (unpaired) electrons. The Morgan fingerprint density at radius 3 is 2.22 bits per heavy atom. The van der Waals surface area contributed by atoms with E-state index < -0.39 is 28.5 Å². The summed E-state index contributed by atoms with van der Waals surface area (Å²) < 4.78 is 26.5. The highest BCUT2D eigenvalue weighted by Gasteiger charge is 2.32. The van der Waals surface area contributed by atoms with Crippen molar-refractivity contribution in [1.82, 2.24) is 10.2 Å². The number of benzene rings is 2. The van der Waals surface area contributed by atoms with E-state index in [1.54, 1.807) is 50.2 Å². The lowest BCUT2D eigenvalue weighted by Crippen LogP contribution is -2.52. The van der Waals surface area contributed by atoms with E-state index >= 15 is 0 Å². The fourth-order valence-corrected chi connectivity index (χ4v) is 5.35. The van der Waals surface area contributed by atoms with E-state index in [0.29, 0.717) is 44.8 Å². The van der Waals surface area contributed by atoms with E-state index in [9.17, 15) is 18.0 Å². The number of unbranched alkanes of at least 4 members (excludes halogenated alkanes) is 1. The van der Waals surface area contributed by atoms with Gasteiger partial charge in [0.15, 0.2) is 0 Å². The van der Waals surface area contributed by atoms with Crippen LogP contribution in [0.1, 0.15) is 44.2 Å². The van der Waals surface area contributed by atoms with Gasteiger partial charge in [-0.05, 0) is 61.2 Å². The van der Waals surface area contributed by atoms with Gasteiger partial charge in [-0.25, -0.2) is 8.42 Å². The van der Waals surface area contributed by atoms with Gasteiger partial charge in [0.05, 0.1) is 11.9 Å². The Balaban J connectivity index is 2.47. The molecule has 2 aromatic carbocycles. The van der Waals surface area contributed by atoms with Gasteiger partial charge in [-0.2, -0.15) is 0 Å². The molecule has 0 fully saturated rings. The minimum absolute atomic E-state index is 0.00570. The summed E-state index contributed by atoms with van der Waals surface area (Å²) in [6.07, 6.45) is 3.07. The molecule has 0 heterocycles. The SMILES string of the molecule is CCCCNC(=O)[C@@H](CC)N(Cc1ccc(Cl)cc1Cl)C(=O)CN(c1ccc(Cl)cc1C)S(C)(=O)=O. The van der Waals surface area contributed by atoms with Crippen molar-refractivity contribution in [2.45, 2.75) is 52.6 Å². The number of carbonyl (C=O) groups excluding carboxylic acids is 2. The Morgan fingerprint density at radius 2 is 1.67 bits per heavy atom. The molecule has 0 bridgehead atoms. The molecule has 1 atom stereocenters. The number of sulfonamides is 1. The number of amides is 2. The minimum Gasteiger partial charge on any atom is -0.354 e. The van der Waals surface area contributed by atoms with Crippen molar-refractivity contribution in [2.75, 3.05) is 23.7 Å². The molecule has 2 aromatic rings. The van der Waals surface area contributed by atoms with Gasteiger partial charge in [-0.15, -0.1) is 0 Å². The average Bonchev–Trinajstić information content (AvgIpc) is 2.78. The number of hydrogen-bond acceptors (Lipinski definition) is 4. The molecule has 7 nitrogen and oxygen atoms in total. The lowest BCUT2D eigenvalue weighted by molar-refractivity contribution is -0.140. The van der Waals surface area contributed by atoms with Gasteiger partial charge in [0.25, 0.3) is 0 Å². The largest absolute Gasteiger partial charge is 0.354 e. The monoisotopic (exact) mass is 575 g/mol. The van der Waals surface area contributed by atoms with Crippen molar-refractivity contribution >= 4 is 62.3 Å². The zero-order valence-corrected chi connectivity index (χ0v) is 23.9. The van der Waals surface area contributed by atoms with Crippen molar-refractivity contribution in [3.05, 3.63) is 62.6 Å². The van der Waals surface area contributed by atoms with E-state index in [2.05, 4.69) is 5.32 Å². The summed E-state index contributed by atoms with van der Waals surface area (Å²) >= 11 is 18.5. The second-order valence-electron chi connectivity index (χ2n) is 8.53. The maximum absolute atomic E-state index is 13.7. The second-order valence-corrected chi connectivity index (χ2v) is 11.7. The van der Waals surface area contributed by atoms with Crippen molar-refractivity contribution in [2.24, 2.45) is 0 Å². The minimum atomic E-state index is -3.84. The molecule has 198 valence electrons. The van der Waals surface area contributed by atoms with E-state index in [1.807, 2.05) is 6.92 Å². The van der Waals surface area contributed by atoms with E-state index in [4.69, 9.17) is 34.8 Å². The molecule has 0 saturated carbocycles. The van der Waals surface area contributed by atoms with Crippen molar-refractivity contribution in [1.29, 1.82) is 0 Å². The van der Waals surface area contributed by atoms with Crippen LogP contribution in [0.5, 0.6) is 0 Å². The predicted molar refractivity (Wildman–Crippen MR) is 147 cm³/mol. The molecule has 11 heteroatoms. The standard InChI is InChI=1S/C25H32Cl3N3O4S/c1-5-7-12-29-25(33)22(6-2)30(15-18-8-9-20(27)14-21(18)28)24(32)16-31(36(4,34)35)23-11-10-19(26)13-17(23)3/h8-11,13-14,22H,5-7,12,15-16H2,1-4H3,(H,29,33)/t22-/m1/s1. The zero-order valence-electron chi connectivity index (χ0n) is 20.9. The van der Waals surface area contributed by atoms with E-state index in [-0.39, 0.29) is 12.5 Å².